The Morgan fingerprint density at radius 1 is 1.32 bits per heavy atom. The SMILES string of the molecule is CON(C)C(=O)c1csc(C(=O)c2c[nH]c3ccccc23)n1. The number of carbonyl (C=O) groups excluding carboxylic acids is 2. The molecule has 0 aliphatic heterocycles. The number of rotatable bonds is 4. The summed E-state index contributed by atoms with van der Waals surface area (Å²) >= 11 is 1.14. The lowest BCUT2D eigenvalue weighted by atomic mass is 10.1. The average Bonchev–Trinajstić information content (AvgIpc) is 3.19. The maximum Gasteiger partial charge on any atom is 0.296 e. The van der Waals surface area contributed by atoms with Crippen molar-refractivity contribution in [2.24, 2.45) is 0 Å². The quantitative estimate of drug-likeness (QED) is 0.593. The molecule has 0 spiro atoms. The van der Waals surface area contributed by atoms with Crippen molar-refractivity contribution in [1.29, 1.82) is 0 Å². The molecule has 0 unspecified atom stereocenters. The van der Waals surface area contributed by atoms with E-state index in [1.165, 1.54) is 14.2 Å². The van der Waals surface area contributed by atoms with E-state index >= 15 is 0 Å². The number of ketones is 1. The molecule has 3 rings (SSSR count). The summed E-state index contributed by atoms with van der Waals surface area (Å²) in [6.07, 6.45) is 1.66. The van der Waals surface area contributed by atoms with E-state index < -0.39 is 5.91 Å². The number of aromatic amines is 1. The first-order chi connectivity index (χ1) is 10.6. The molecule has 0 bridgehead atoms. The summed E-state index contributed by atoms with van der Waals surface area (Å²) in [5.74, 6) is -0.599. The normalized spacial score (nSPS) is 10.8. The first-order valence-electron chi connectivity index (χ1n) is 6.50. The van der Waals surface area contributed by atoms with Crippen LogP contribution in [-0.2, 0) is 4.84 Å². The molecular formula is C15H13N3O3S. The Balaban J connectivity index is 1.93. The Labute approximate surface area is 130 Å². The summed E-state index contributed by atoms with van der Waals surface area (Å²) < 4.78 is 0. The van der Waals surface area contributed by atoms with Crippen LogP contribution in [0, 0.1) is 0 Å². The number of benzene rings is 1. The summed E-state index contributed by atoms with van der Waals surface area (Å²) in [4.78, 5) is 36.5. The van der Waals surface area contributed by atoms with E-state index in [2.05, 4.69) is 9.97 Å². The summed E-state index contributed by atoms with van der Waals surface area (Å²) in [5, 5.41) is 3.73. The molecule has 1 N–H and O–H groups in total. The van der Waals surface area contributed by atoms with Gasteiger partial charge in [0.15, 0.2) is 5.01 Å². The van der Waals surface area contributed by atoms with Crippen molar-refractivity contribution in [1.82, 2.24) is 15.0 Å². The number of thiazole rings is 1. The highest BCUT2D eigenvalue weighted by atomic mass is 32.1. The number of nitrogens with zero attached hydrogens (tertiary/aromatic N) is 2. The highest BCUT2D eigenvalue weighted by Crippen LogP contribution is 2.22. The molecule has 2 aromatic heterocycles. The van der Waals surface area contributed by atoms with Crippen molar-refractivity contribution < 1.29 is 14.4 Å². The second kappa shape index (κ2) is 5.70. The summed E-state index contributed by atoms with van der Waals surface area (Å²) in [6.45, 7) is 0. The van der Waals surface area contributed by atoms with Crippen LogP contribution >= 0.6 is 11.3 Å². The van der Waals surface area contributed by atoms with E-state index in [0.717, 1.165) is 27.3 Å². The Bertz CT molecular complexity index is 852. The molecule has 0 saturated heterocycles. The number of amides is 1. The molecule has 0 saturated carbocycles. The van der Waals surface area contributed by atoms with Crippen LogP contribution in [-0.4, -0.2) is 40.9 Å². The molecular weight excluding hydrogens is 302 g/mol. The maximum atomic E-state index is 12.6. The van der Waals surface area contributed by atoms with Crippen LogP contribution in [0.4, 0.5) is 0 Å². The van der Waals surface area contributed by atoms with Crippen LogP contribution in [0.1, 0.15) is 25.9 Å². The number of hydroxylamine groups is 2. The highest BCUT2D eigenvalue weighted by molar-refractivity contribution is 7.12. The zero-order valence-corrected chi connectivity index (χ0v) is 12.8. The van der Waals surface area contributed by atoms with E-state index in [1.54, 1.807) is 11.6 Å². The number of hydrogen-bond acceptors (Lipinski definition) is 5. The van der Waals surface area contributed by atoms with Crippen LogP contribution < -0.4 is 0 Å². The fourth-order valence-electron chi connectivity index (χ4n) is 2.10. The third kappa shape index (κ3) is 2.40. The predicted molar refractivity (Wildman–Crippen MR) is 82.9 cm³/mol. The Morgan fingerprint density at radius 3 is 2.86 bits per heavy atom. The standard InChI is InChI=1S/C15H13N3O3S/c1-18(21-2)15(20)12-8-22-14(17-12)13(19)10-7-16-11-6-4-3-5-9(10)11/h3-8,16H,1-2H3. The van der Waals surface area contributed by atoms with Crippen molar-refractivity contribution in [3.8, 4) is 0 Å². The van der Waals surface area contributed by atoms with Crippen molar-refractivity contribution in [3.63, 3.8) is 0 Å². The lowest BCUT2D eigenvalue weighted by molar-refractivity contribution is -0.0760. The zero-order chi connectivity index (χ0) is 15.7. The van der Waals surface area contributed by atoms with Crippen molar-refractivity contribution in [2.45, 2.75) is 0 Å². The molecule has 22 heavy (non-hydrogen) atoms. The fraction of sp³-hybridized carbons (Fsp3) is 0.133. The molecule has 0 aliphatic carbocycles. The first kappa shape index (κ1) is 14.4. The molecule has 2 heterocycles. The molecule has 1 amide bonds. The number of hydrogen-bond donors (Lipinski definition) is 1. The number of aromatic nitrogens is 2. The van der Waals surface area contributed by atoms with Crippen molar-refractivity contribution in [3.05, 3.63) is 52.1 Å². The van der Waals surface area contributed by atoms with Gasteiger partial charge in [-0.3, -0.25) is 14.4 Å². The van der Waals surface area contributed by atoms with Gasteiger partial charge in [-0.2, -0.15) is 0 Å². The molecule has 3 aromatic rings. The van der Waals surface area contributed by atoms with Gasteiger partial charge in [0.1, 0.15) is 5.69 Å². The van der Waals surface area contributed by atoms with Gasteiger partial charge in [-0.15, -0.1) is 11.3 Å². The lowest BCUT2D eigenvalue weighted by Gasteiger charge is -2.10. The molecule has 0 radical (unpaired) electrons. The summed E-state index contributed by atoms with van der Waals surface area (Å²) in [6, 6.07) is 7.54. The van der Waals surface area contributed by atoms with E-state index in [-0.39, 0.29) is 16.5 Å². The molecule has 0 fully saturated rings. The van der Waals surface area contributed by atoms with E-state index in [1.807, 2.05) is 24.3 Å². The minimum absolute atomic E-state index is 0.192. The molecule has 0 atom stereocenters. The van der Waals surface area contributed by atoms with E-state index in [4.69, 9.17) is 4.84 Å². The second-order valence-electron chi connectivity index (χ2n) is 4.60. The third-order valence-electron chi connectivity index (χ3n) is 3.31. The van der Waals surface area contributed by atoms with Gasteiger partial charge >= 0.3 is 0 Å². The zero-order valence-electron chi connectivity index (χ0n) is 12.0. The number of nitrogens with one attached hydrogen (secondary N) is 1. The van der Waals surface area contributed by atoms with E-state index in [9.17, 15) is 9.59 Å². The van der Waals surface area contributed by atoms with Crippen molar-refractivity contribution >= 4 is 33.9 Å². The number of H-pyrrole nitrogens is 1. The minimum Gasteiger partial charge on any atom is -0.360 e. The Morgan fingerprint density at radius 2 is 2.09 bits per heavy atom. The van der Waals surface area contributed by atoms with Gasteiger partial charge in [-0.25, -0.2) is 10.0 Å². The monoisotopic (exact) mass is 315 g/mol. The Kier molecular flexibility index (Phi) is 3.74. The maximum absolute atomic E-state index is 12.6. The van der Waals surface area contributed by atoms with Crippen LogP contribution in [0.15, 0.2) is 35.8 Å². The third-order valence-corrected chi connectivity index (χ3v) is 4.15. The Hall–Kier alpha value is -2.51. The number of fused-ring (bicyclic) bond motifs is 1. The predicted octanol–water partition coefficient (Wildman–Crippen LogP) is 2.49. The van der Waals surface area contributed by atoms with Gasteiger partial charge in [0.25, 0.3) is 5.91 Å². The van der Waals surface area contributed by atoms with Crippen LogP contribution in [0.5, 0.6) is 0 Å². The van der Waals surface area contributed by atoms with Gasteiger partial charge in [-0.05, 0) is 6.07 Å². The molecule has 6 nitrogen and oxygen atoms in total. The summed E-state index contributed by atoms with van der Waals surface area (Å²) in [7, 11) is 2.88. The molecule has 0 aliphatic rings. The molecule has 112 valence electrons. The van der Waals surface area contributed by atoms with E-state index in [0.29, 0.717) is 5.56 Å². The number of para-hydroxylation sites is 1. The summed E-state index contributed by atoms with van der Waals surface area (Å²) in [5.41, 5.74) is 1.62. The van der Waals surface area contributed by atoms with Gasteiger partial charge in [0, 0.05) is 29.5 Å². The van der Waals surface area contributed by atoms with Gasteiger partial charge in [0.05, 0.1) is 12.7 Å². The van der Waals surface area contributed by atoms with Crippen LogP contribution in [0.2, 0.25) is 0 Å². The van der Waals surface area contributed by atoms with Crippen molar-refractivity contribution in [2.75, 3.05) is 14.2 Å². The second-order valence-corrected chi connectivity index (χ2v) is 5.46. The van der Waals surface area contributed by atoms with Crippen LogP contribution in [0.3, 0.4) is 0 Å². The van der Waals surface area contributed by atoms with Gasteiger partial charge in [-0.1, -0.05) is 18.2 Å². The topological polar surface area (TPSA) is 75.3 Å². The average molecular weight is 315 g/mol. The fourth-order valence-corrected chi connectivity index (χ4v) is 2.84. The van der Waals surface area contributed by atoms with Gasteiger partial charge in [0.2, 0.25) is 5.78 Å². The molecule has 7 heteroatoms. The first-order valence-corrected chi connectivity index (χ1v) is 7.38. The van der Waals surface area contributed by atoms with Crippen LogP contribution in [0.25, 0.3) is 10.9 Å². The highest BCUT2D eigenvalue weighted by Gasteiger charge is 2.21. The van der Waals surface area contributed by atoms with Gasteiger partial charge < -0.3 is 4.98 Å². The largest absolute Gasteiger partial charge is 0.360 e. The molecule has 1 aromatic carbocycles. The number of carbonyl (C=O) groups is 2. The minimum atomic E-state index is -0.392. The lowest BCUT2D eigenvalue weighted by Crippen LogP contribution is -2.25. The smallest absolute Gasteiger partial charge is 0.296 e.